The van der Waals surface area contributed by atoms with Gasteiger partial charge in [0.15, 0.2) is 11.0 Å². The topological polar surface area (TPSA) is 80.1 Å². The third-order valence-electron chi connectivity index (χ3n) is 5.81. The van der Waals surface area contributed by atoms with Crippen LogP contribution in [0.4, 0.5) is 11.4 Å². The highest BCUT2D eigenvalue weighted by molar-refractivity contribution is 7.99. The molecule has 0 radical (unpaired) electrons. The van der Waals surface area contributed by atoms with Gasteiger partial charge in [0, 0.05) is 16.3 Å². The molecule has 0 aliphatic carbocycles. The number of fused-ring (bicyclic) bond motifs is 1. The first-order valence-electron chi connectivity index (χ1n) is 11.0. The molecule has 1 aliphatic heterocycles. The standard InChI is InChI=1S/C26H22ClN5O2S/c1-26(2)24(34)28-20-13-6-7-14-21(20)32(26)22(33)16-35-25-30-29-23(17-9-8-10-18(27)15-17)31(25)19-11-4-3-5-12-19/h3-15H,16H2,1-2H3,(H,28,34). The van der Waals surface area contributed by atoms with Crippen LogP contribution in [0.25, 0.3) is 17.1 Å². The lowest BCUT2D eigenvalue weighted by Gasteiger charge is -2.42. The summed E-state index contributed by atoms with van der Waals surface area (Å²) < 4.78 is 1.91. The fraction of sp³-hybridized carbons (Fsp3) is 0.154. The van der Waals surface area contributed by atoms with Gasteiger partial charge in [-0.25, -0.2) is 0 Å². The van der Waals surface area contributed by atoms with E-state index in [1.807, 2.05) is 71.3 Å². The van der Waals surface area contributed by atoms with Crippen molar-refractivity contribution in [3.05, 3.63) is 83.9 Å². The van der Waals surface area contributed by atoms with Gasteiger partial charge < -0.3 is 5.32 Å². The molecule has 2 amide bonds. The first kappa shape index (κ1) is 23.1. The third-order valence-corrected chi connectivity index (χ3v) is 6.96. The van der Waals surface area contributed by atoms with E-state index >= 15 is 0 Å². The summed E-state index contributed by atoms with van der Waals surface area (Å²) >= 11 is 7.50. The molecule has 1 aliphatic rings. The van der Waals surface area contributed by atoms with Gasteiger partial charge in [-0.15, -0.1) is 10.2 Å². The van der Waals surface area contributed by atoms with E-state index in [-0.39, 0.29) is 17.6 Å². The number of nitrogens with one attached hydrogen (secondary N) is 1. The Balaban J connectivity index is 1.49. The highest BCUT2D eigenvalue weighted by Crippen LogP contribution is 2.37. The van der Waals surface area contributed by atoms with E-state index in [9.17, 15) is 9.59 Å². The molecule has 1 N–H and O–H groups in total. The molecule has 0 spiro atoms. The van der Waals surface area contributed by atoms with Crippen molar-refractivity contribution in [1.29, 1.82) is 0 Å². The lowest BCUT2D eigenvalue weighted by molar-refractivity contribution is -0.125. The van der Waals surface area contributed by atoms with E-state index in [4.69, 9.17) is 11.6 Å². The monoisotopic (exact) mass is 503 g/mol. The number of hydrogen-bond acceptors (Lipinski definition) is 5. The molecule has 0 saturated carbocycles. The summed E-state index contributed by atoms with van der Waals surface area (Å²) in [6.45, 7) is 3.48. The number of nitrogens with zero attached hydrogens (tertiary/aromatic N) is 4. The van der Waals surface area contributed by atoms with Crippen molar-refractivity contribution >= 4 is 46.6 Å². The van der Waals surface area contributed by atoms with E-state index in [0.29, 0.717) is 27.4 Å². The highest BCUT2D eigenvalue weighted by atomic mass is 35.5. The number of carbonyl (C=O) groups excluding carboxylic acids is 2. The van der Waals surface area contributed by atoms with E-state index < -0.39 is 5.54 Å². The van der Waals surface area contributed by atoms with Crippen LogP contribution >= 0.6 is 23.4 Å². The molecule has 35 heavy (non-hydrogen) atoms. The van der Waals surface area contributed by atoms with Gasteiger partial charge >= 0.3 is 0 Å². The smallest absolute Gasteiger partial charge is 0.250 e. The van der Waals surface area contributed by atoms with Crippen LogP contribution in [0.1, 0.15) is 13.8 Å². The number of thioether (sulfide) groups is 1. The van der Waals surface area contributed by atoms with Crippen molar-refractivity contribution < 1.29 is 9.59 Å². The second-order valence-electron chi connectivity index (χ2n) is 8.54. The van der Waals surface area contributed by atoms with Crippen LogP contribution in [-0.4, -0.2) is 37.9 Å². The van der Waals surface area contributed by atoms with Gasteiger partial charge in [0.1, 0.15) is 5.54 Å². The fourth-order valence-corrected chi connectivity index (χ4v) is 5.07. The van der Waals surface area contributed by atoms with Crippen molar-refractivity contribution in [2.24, 2.45) is 0 Å². The summed E-state index contributed by atoms with van der Waals surface area (Å²) in [5.74, 6) is 0.266. The second-order valence-corrected chi connectivity index (χ2v) is 9.91. The van der Waals surface area contributed by atoms with Gasteiger partial charge in [-0.1, -0.05) is 65.8 Å². The summed E-state index contributed by atoms with van der Waals surface area (Å²) in [5, 5.41) is 12.9. The van der Waals surface area contributed by atoms with Crippen LogP contribution in [0.2, 0.25) is 5.02 Å². The molecule has 0 bridgehead atoms. The number of carbonyl (C=O) groups is 2. The first-order chi connectivity index (χ1) is 16.9. The number of rotatable bonds is 5. The van der Waals surface area contributed by atoms with Gasteiger partial charge in [-0.05, 0) is 50.2 Å². The van der Waals surface area contributed by atoms with Gasteiger partial charge in [0.2, 0.25) is 11.8 Å². The molecule has 2 heterocycles. The van der Waals surface area contributed by atoms with Crippen LogP contribution in [-0.2, 0) is 9.59 Å². The molecule has 5 rings (SSSR count). The maximum Gasteiger partial charge on any atom is 0.250 e. The molecule has 4 aromatic rings. The van der Waals surface area contributed by atoms with Crippen molar-refractivity contribution in [2.45, 2.75) is 24.5 Å². The Labute approximate surface area is 212 Å². The molecule has 3 aromatic carbocycles. The molecule has 0 atom stereocenters. The van der Waals surface area contributed by atoms with Gasteiger partial charge in [0.25, 0.3) is 0 Å². The second kappa shape index (κ2) is 9.20. The Hall–Kier alpha value is -3.62. The molecule has 0 unspecified atom stereocenters. The maximum atomic E-state index is 13.5. The molecule has 0 saturated heterocycles. The Morgan fingerprint density at radius 1 is 1.00 bits per heavy atom. The molecular formula is C26H22ClN5O2S. The van der Waals surface area contributed by atoms with E-state index in [2.05, 4.69) is 15.5 Å². The largest absolute Gasteiger partial charge is 0.322 e. The molecule has 7 nitrogen and oxygen atoms in total. The SMILES string of the molecule is CC1(C)C(=O)Nc2ccccc2N1C(=O)CSc1nnc(-c2cccc(Cl)c2)n1-c1ccccc1. The zero-order valence-corrected chi connectivity index (χ0v) is 20.7. The molecule has 9 heteroatoms. The van der Waals surface area contributed by atoms with Crippen LogP contribution in [0.15, 0.2) is 84.0 Å². The number of amides is 2. The lowest BCUT2D eigenvalue weighted by atomic mass is 9.96. The quantitative estimate of drug-likeness (QED) is 0.367. The average molecular weight is 504 g/mol. The summed E-state index contributed by atoms with van der Waals surface area (Å²) in [6.07, 6.45) is 0. The zero-order chi connectivity index (χ0) is 24.6. The predicted molar refractivity (Wildman–Crippen MR) is 139 cm³/mol. The normalized spacial score (nSPS) is 14.4. The van der Waals surface area contributed by atoms with E-state index in [0.717, 1.165) is 11.3 Å². The number of benzene rings is 3. The molecule has 0 fully saturated rings. The highest BCUT2D eigenvalue weighted by Gasteiger charge is 2.43. The van der Waals surface area contributed by atoms with Crippen molar-refractivity contribution in [3.63, 3.8) is 0 Å². The Morgan fingerprint density at radius 3 is 2.51 bits per heavy atom. The van der Waals surface area contributed by atoms with Gasteiger partial charge in [-0.3, -0.25) is 19.1 Å². The number of para-hydroxylation sites is 3. The molecular weight excluding hydrogens is 482 g/mol. The number of aromatic nitrogens is 3. The maximum absolute atomic E-state index is 13.5. The molecule has 176 valence electrons. The summed E-state index contributed by atoms with van der Waals surface area (Å²) in [4.78, 5) is 27.8. The van der Waals surface area contributed by atoms with Crippen LogP contribution < -0.4 is 10.2 Å². The number of anilines is 2. The van der Waals surface area contributed by atoms with Crippen LogP contribution in [0, 0.1) is 0 Å². The Morgan fingerprint density at radius 2 is 1.74 bits per heavy atom. The first-order valence-corrected chi connectivity index (χ1v) is 12.4. The van der Waals surface area contributed by atoms with Crippen molar-refractivity contribution in [2.75, 3.05) is 16.0 Å². The summed E-state index contributed by atoms with van der Waals surface area (Å²) in [5.41, 5.74) is 1.93. The average Bonchev–Trinajstić information content (AvgIpc) is 3.28. The minimum absolute atomic E-state index is 0.0750. The molecule has 1 aromatic heterocycles. The lowest BCUT2D eigenvalue weighted by Crippen LogP contribution is -2.59. The van der Waals surface area contributed by atoms with Crippen LogP contribution in [0.5, 0.6) is 0 Å². The predicted octanol–water partition coefficient (Wildman–Crippen LogP) is 5.44. The number of halogens is 1. The fourth-order valence-electron chi connectivity index (χ4n) is 4.08. The Kier molecular flexibility index (Phi) is 6.08. The van der Waals surface area contributed by atoms with Gasteiger partial charge in [0.05, 0.1) is 17.1 Å². The van der Waals surface area contributed by atoms with Crippen molar-refractivity contribution in [3.8, 4) is 17.1 Å². The minimum Gasteiger partial charge on any atom is -0.322 e. The van der Waals surface area contributed by atoms with E-state index in [1.54, 1.807) is 30.9 Å². The van der Waals surface area contributed by atoms with Crippen molar-refractivity contribution in [1.82, 2.24) is 14.8 Å². The minimum atomic E-state index is -1.04. The van der Waals surface area contributed by atoms with E-state index in [1.165, 1.54) is 11.8 Å². The zero-order valence-electron chi connectivity index (χ0n) is 19.1. The van der Waals surface area contributed by atoms with Crippen LogP contribution in [0.3, 0.4) is 0 Å². The third kappa shape index (κ3) is 4.31. The summed E-state index contributed by atoms with van der Waals surface area (Å²) in [7, 11) is 0. The Bertz CT molecular complexity index is 1420. The number of hydrogen-bond donors (Lipinski definition) is 1. The summed E-state index contributed by atoms with van der Waals surface area (Å²) in [6, 6.07) is 24.4. The van der Waals surface area contributed by atoms with Gasteiger partial charge in [-0.2, -0.15) is 0 Å².